The molecule has 0 saturated carbocycles. The van der Waals surface area contributed by atoms with Crippen molar-refractivity contribution in [3.8, 4) is 0 Å². The molecule has 5 nitrogen and oxygen atoms in total. The number of guanidine groups is 1. The lowest BCUT2D eigenvalue weighted by Crippen LogP contribution is -2.46. The maximum Gasteiger partial charge on any atom is 0.193 e. The molecule has 1 fully saturated rings. The Morgan fingerprint density at radius 3 is 2.68 bits per heavy atom. The van der Waals surface area contributed by atoms with Gasteiger partial charge in [-0.15, -0.1) is 0 Å². The van der Waals surface area contributed by atoms with Gasteiger partial charge in [0.05, 0.1) is 6.10 Å². The van der Waals surface area contributed by atoms with Gasteiger partial charge >= 0.3 is 0 Å². The maximum atomic E-state index is 6.23. The van der Waals surface area contributed by atoms with Gasteiger partial charge in [0.1, 0.15) is 0 Å². The fraction of sp³-hybridized carbons (Fsp3) is 0.611. The molecule has 0 unspecified atom stereocenters. The van der Waals surface area contributed by atoms with Crippen LogP contribution in [0.1, 0.15) is 24.8 Å². The molecule has 1 aromatic carbocycles. The van der Waals surface area contributed by atoms with Crippen LogP contribution < -0.4 is 5.32 Å². The standard InChI is InChI=1S/C18H27Cl2N3O2/c1-21-18(22-13-14-4-5-15(19)12-17(14)20)23-8-6-16(7-9-23)25-11-3-10-24-2/h4-5,12,16H,3,6-11,13H2,1-2H3,(H,21,22). The van der Waals surface area contributed by atoms with Gasteiger partial charge in [0.25, 0.3) is 0 Å². The summed E-state index contributed by atoms with van der Waals surface area (Å²) in [4.78, 5) is 6.65. The average Bonchev–Trinajstić information content (AvgIpc) is 2.62. The largest absolute Gasteiger partial charge is 0.385 e. The molecule has 25 heavy (non-hydrogen) atoms. The van der Waals surface area contributed by atoms with E-state index in [0.717, 1.165) is 57.1 Å². The zero-order chi connectivity index (χ0) is 18.1. The van der Waals surface area contributed by atoms with E-state index in [1.54, 1.807) is 20.2 Å². The van der Waals surface area contributed by atoms with E-state index in [-0.39, 0.29) is 0 Å². The van der Waals surface area contributed by atoms with E-state index in [2.05, 4.69) is 15.2 Å². The van der Waals surface area contributed by atoms with Crippen molar-refractivity contribution in [2.24, 2.45) is 4.99 Å². The molecule has 0 aliphatic carbocycles. The first-order valence-corrected chi connectivity index (χ1v) is 9.39. The van der Waals surface area contributed by atoms with Crippen molar-refractivity contribution >= 4 is 29.2 Å². The summed E-state index contributed by atoms with van der Waals surface area (Å²) >= 11 is 12.2. The minimum atomic E-state index is 0.330. The summed E-state index contributed by atoms with van der Waals surface area (Å²) in [6.45, 7) is 4.01. The molecule has 0 spiro atoms. The minimum absolute atomic E-state index is 0.330. The van der Waals surface area contributed by atoms with E-state index in [9.17, 15) is 0 Å². The van der Waals surface area contributed by atoms with Crippen LogP contribution in [0.15, 0.2) is 23.2 Å². The first kappa shape index (κ1) is 20.3. The summed E-state index contributed by atoms with van der Waals surface area (Å²) in [6, 6.07) is 5.54. The number of hydrogen-bond donors (Lipinski definition) is 1. The van der Waals surface area contributed by atoms with Crippen molar-refractivity contribution < 1.29 is 9.47 Å². The Labute approximate surface area is 160 Å². The maximum absolute atomic E-state index is 6.23. The first-order chi connectivity index (χ1) is 12.1. The molecule has 1 heterocycles. The van der Waals surface area contributed by atoms with Gasteiger partial charge in [0, 0.05) is 57.1 Å². The fourth-order valence-electron chi connectivity index (χ4n) is 2.86. The number of ether oxygens (including phenoxy) is 2. The first-order valence-electron chi connectivity index (χ1n) is 8.64. The topological polar surface area (TPSA) is 46.1 Å². The number of piperidine rings is 1. The molecule has 1 aliphatic rings. The van der Waals surface area contributed by atoms with Crippen LogP contribution in [0.25, 0.3) is 0 Å². The summed E-state index contributed by atoms with van der Waals surface area (Å²) in [7, 11) is 3.52. The summed E-state index contributed by atoms with van der Waals surface area (Å²) < 4.78 is 10.9. The van der Waals surface area contributed by atoms with Crippen LogP contribution in [0.4, 0.5) is 0 Å². The van der Waals surface area contributed by atoms with Crippen LogP contribution >= 0.6 is 23.2 Å². The van der Waals surface area contributed by atoms with Crippen LogP contribution in [0.5, 0.6) is 0 Å². The molecule has 1 aliphatic heterocycles. The number of rotatable bonds is 7. The second-order valence-corrected chi connectivity index (χ2v) is 6.88. The second kappa shape index (κ2) is 10.9. The summed E-state index contributed by atoms with van der Waals surface area (Å²) in [5, 5.41) is 4.69. The van der Waals surface area contributed by atoms with Crippen molar-refractivity contribution in [1.82, 2.24) is 10.2 Å². The lowest BCUT2D eigenvalue weighted by atomic mass is 10.1. The van der Waals surface area contributed by atoms with Gasteiger partial charge in [-0.05, 0) is 37.0 Å². The Kier molecular flexibility index (Phi) is 8.82. The van der Waals surface area contributed by atoms with Crippen LogP contribution in [-0.4, -0.2) is 57.4 Å². The second-order valence-electron chi connectivity index (χ2n) is 6.04. The third-order valence-corrected chi connectivity index (χ3v) is 4.84. The predicted octanol–water partition coefficient (Wildman–Crippen LogP) is 3.59. The molecule has 140 valence electrons. The van der Waals surface area contributed by atoms with Crippen molar-refractivity contribution in [3.63, 3.8) is 0 Å². The van der Waals surface area contributed by atoms with Gasteiger partial charge in [-0.3, -0.25) is 4.99 Å². The zero-order valence-corrected chi connectivity index (χ0v) is 16.4. The van der Waals surface area contributed by atoms with Gasteiger partial charge in [-0.1, -0.05) is 29.3 Å². The van der Waals surface area contributed by atoms with Gasteiger partial charge in [0.2, 0.25) is 0 Å². The van der Waals surface area contributed by atoms with Crippen molar-refractivity contribution in [2.45, 2.75) is 31.9 Å². The molecule has 1 saturated heterocycles. The number of nitrogens with zero attached hydrogens (tertiary/aromatic N) is 2. The third-order valence-electron chi connectivity index (χ3n) is 4.25. The number of methoxy groups -OCH3 is 1. The van der Waals surface area contributed by atoms with Gasteiger partial charge in [-0.2, -0.15) is 0 Å². The molecule has 7 heteroatoms. The van der Waals surface area contributed by atoms with Crippen LogP contribution in [0, 0.1) is 0 Å². The van der Waals surface area contributed by atoms with Crippen molar-refractivity contribution in [1.29, 1.82) is 0 Å². The van der Waals surface area contributed by atoms with E-state index in [1.165, 1.54) is 0 Å². The highest BCUT2D eigenvalue weighted by atomic mass is 35.5. The Morgan fingerprint density at radius 1 is 1.28 bits per heavy atom. The Hall–Kier alpha value is -1.01. The van der Waals surface area contributed by atoms with E-state index in [4.69, 9.17) is 32.7 Å². The lowest BCUT2D eigenvalue weighted by molar-refractivity contribution is 0.00990. The number of benzene rings is 1. The average molecular weight is 388 g/mol. The summed E-state index contributed by atoms with van der Waals surface area (Å²) in [5.74, 6) is 0.892. The smallest absolute Gasteiger partial charge is 0.193 e. The molecule has 0 radical (unpaired) electrons. The Morgan fingerprint density at radius 2 is 2.04 bits per heavy atom. The van der Waals surface area contributed by atoms with Crippen LogP contribution in [0.3, 0.4) is 0 Å². The number of aliphatic imine (C=N–C) groups is 1. The molecule has 1 N–H and O–H groups in total. The summed E-state index contributed by atoms with van der Waals surface area (Å²) in [5.41, 5.74) is 1.00. The minimum Gasteiger partial charge on any atom is -0.385 e. The number of nitrogens with one attached hydrogen (secondary N) is 1. The van der Waals surface area contributed by atoms with E-state index in [0.29, 0.717) is 22.7 Å². The highest BCUT2D eigenvalue weighted by Crippen LogP contribution is 2.21. The quantitative estimate of drug-likeness (QED) is 0.441. The number of likely N-dealkylation sites (tertiary alicyclic amines) is 1. The van der Waals surface area contributed by atoms with Crippen molar-refractivity contribution in [3.05, 3.63) is 33.8 Å². The Bertz CT molecular complexity index is 561. The highest BCUT2D eigenvalue weighted by Gasteiger charge is 2.21. The molecular weight excluding hydrogens is 361 g/mol. The van der Waals surface area contributed by atoms with Gasteiger partial charge < -0.3 is 19.7 Å². The van der Waals surface area contributed by atoms with E-state index < -0.39 is 0 Å². The Balaban J connectivity index is 1.76. The monoisotopic (exact) mass is 387 g/mol. The third kappa shape index (κ3) is 6.66. The fourth-order valence-corrected chi connectivity index (χ4v) is 3.33. The summed E-state index contributed by atoms with van der Waals surface area (Å²) in [6.07, 6.45) is 3.30. The van der Waals surface area contributed by atoms with Crippen LogP contribution in [0.2, 0.25) is 10.0 Å². The molecule has 1 aromatic rings. The SMILES string of the molecule is CN=C(NCc1ccc(Cl)cc1Cl)N1CCC(OCCCOC)CC1. The number of halogens is 2. The van der Waals surface area contributed by atoms with E-state index in [1.807, 2.05) is 12.1 Å². The lowest BCUT2D eigenvalue weighted by Gasteiger charge is -2.34. The predicted molar refractivity (Wildman–Crippen MR) is 104 cm³/mol. The molecule has 2 rings (SSSR count). The molecular formula is C18H27Cl2N3O2. The molecule has 0 amide bonds. The van der Waals surface area contributed by atoms with Crippen LogP contribution in [-0.2, 0) is 16.0 Å². The highest BCUT2D eigenvalue weighted by molar-refractivity contribution is 6.35. The van der Waals surface area contributed by atoms with Gasteiger partial charge in [-0.25, -0.2) is 0 Å². The van der Waals surface area contributed by atoms with Crippen molar-refractivity contribution in [2.75, 3.05) is 40.5 Å². The normalized spacial score (nSPS) is 16.3. The van der Waals surface area contributed by atoms with Gasteiger partial charge in [0.15, 0.2) is 5.96 Å². The molecule has 0 bridgehead atoms. The number of hydrogen-bond acceptors (Lipinski definition) is 3. The van der Waals surface area contributed by atoms with E-state index >= 15 is 0 Å². The molecule has 0 atom stereocenters. The zero-order valence-electron chi connectivity index (χ0n) is 14.9. The molecule has 0 aromatic heterocycles.